The maximum atomic E-state index is 13.1. The van der Waals surface area contributed by atoms with Gasteiger partial charge in [-0.05, 0) is 79.9 Å². The highest BCUT2D eigenvalue weighted by Gasteiger charge is 2.35. The van der Waals surface area contributed by atoms with E-state index >= 15 is 0 Å². The number of carbonyl (C=O) groups is 2. The van der Waals surface area contributed by atoms with E-state index in [-0.39, 0.29) is 24.3 Å². The van der Waals surface area contributed by atoms with Crippen molar-refractivity contribution in [2.75, 3.05) is 0 Å². The Bertz CT molecular complexity index is 1560. The third-order valence-corrected chi connectivity index (χ3v) is 8.15. The summed E-state index contributed by atoms with van der Waals surface area (Å²) in [5.41, 5.74) is 2.33. The second kappa shape index (κ2) is 11.1. The zero-order valence-corrected chi connectivity index (χ0v) is 23.7. The number of thioether (sulfide) groups is 1. The molecule has 0 radical (unpaired) electrons. The normalized spacial score (nSPS) is 14.7. The molecule has 1 fully saturated rings. The van der Waals surface area contributed by atoms with Gasteiger partial charge in [0, 0.05) is 15.6 Å². The van der Waals surface area contributed by atoms with Gasteiger partial charge in [0.1, 0.15) is 6.61 Å². The Kier molecular flexibility index (Phi) is 7.84. The van der Waals surface area contributed by atoms with Gasteiger partial charge in [-0.1, -0.05) is 83.3 Å². The van der Waals surface area contributed by atoms with Crippen LogP contribution in [0.15, 0.2) is 82.2 Å². The van der Waals surface area contributed by atoms with Crippen molar-refractivity contribution in [1.82, 2.24) is 4.90 Å². The highest BCUT2D eigenvalue weighted by Crippen LogP contribution is 2.39. The van der Waals surface area contributed by atoms with E-state index in [1.807, 2.05) is 42.5 Å². The van der Waals surface area contributed by atoms with Crippen LogP contribution in [0.1, 0.15) is 16.7 Å². The number of imide groups is 1. The van der Waals surface area contributed by atoms with Gasteiger partial charge in [-0.2, -0.15) is 0 Å². The Hall–Kier alpha value is -2.48. The predicted molar refractivity (Wildman–Crippen MR) is 155 cm³/mol. The number of rotatable bonds is 6. The number of hydrogen-bond acceptors (Lipinski definition) is 4. The summed E-state index contributed by atoms with van der Waals surface area (Å²) in [6.07, 6.45) is 1.66. The number of amides is 2. The van der Waals surface area contributed by atoms with Gasteiger partial charge in [-0.15, -0.1) is 0 Å². The van der Waals surface area contributed by atoms with Crippen LogP contribution in [0.4, 0.5) is 4.79 Å². The van der Waals surface area contributed by atoms with Crippen molar-refractivity contribution in [3.8, 4) is 5.75 Å². The molecule has 0 unspecified atom stereocenters. The van der Waals surface area contributed by atoms with Crippen molar-refractivity contribution in [3.63, 3.8) is 0 Å². The molecule has 9 heteroatoms. The van der Waals surface area contributed by atoms with E-state index in [1.165, 1.54) is 4.90 Å². The third-order valence-electron chi connectivity index (χ3n) is 5.79. The summed E-state index contributed by atoms with van der Waals surface area (Å²) in [7, 11) is 0. The van der Waals surface area contributed by atoms with Gasteiger partial charge in [-0.3, -0.25) is 14.5 Å². The predicted octanol–water partition coefficient (Wildman–Crippen LogP) is 9.38. The molecule has 4 aromatic rings. The van der Waals surface area contributed by atoms with E-state index in [0.717, 1.165) is 33.7 Å². The van der Waals surface area contributed by atoms with Crippen molar-refractivity contribution in [1.29, 1.82) is 0 Å². The molecule has 4 nitrogen and oxygen atoms in total. The minimum absolute atomic E-state index is 0.195. The van der Waals surface area contributed by atoms with Crippen LogP contribution >= 0.6 is 62.5 Å². The molecule has 37 heavy (non-hydrogen) atoms. The van der Waals surface area contributed by atoms with Gasteiger partial charge in [0.2, 0.25) is 0 Å². The first kappa shape index (κ1) is 26.1. The lowest BCUT2D eigenvalue weighted by atomic mass is 10.0. The van der Waals surface area contributed by atoms with Gasteiger partial charge < -0.3 is 4.74 Å². The van der Waals surface area contributed by atoms with Crippen LogP contribution in [0.2, 0.25) is 15.1 Å². The molecule has 0 atom stereocenters. The molecule has 186 valence electrons. The highest BCUT2D eigenvalue weighted by atomic mass is 79.9. The van der Waals surface area contributed by atoms with Crippen LogP contribution in [0, 0.1) is 0 Å². The van der Waals surface area contributed by atoms with Gasteiger partial charge in [0.05, 0.1) is 20.9 Å². The largest absolute Gasteiger partial charge is 0.486 e. The van der Waals surface area contributed by atoms with E-state index in [2.05, 4.69) is 15.9 Å². The molecular formula is C28H17BrCl3NO3S. The van der Waals surface area contributed by atoms with E-state index in [0.29, 0.717) is 35.8 Å². The Morgan fingerprint density at radius 3 is 2.46 bits per heavy atom. The highest BCUT2D eigenvalue weighted by molar-refractivity contribution is 9.10. The summed E-state index contributed by atoms with van der Waals surface area (Å²) in [4.78, 5) is 27.5. The summed E-state index contributed by atoms with van der Waals surface area (Å²) >= 11 is 23.1. The monoisotopic (exact) mass is 631 g/mol. The number of carbonyl (C=O) groups excluding carboxylic acids is 2. The number of hydrogen-bond donors (Lipinski definition) is 0. The Morgan fingerprint density at radius 2 is 1.68 bits per heavy atom. The molecule has 1 aliphatic rings. The van der Waals surface area contributed by atoms with Crippen LogP contribution in [0.25, 0.3) is 16.8 Å². The first-order valence-electron chi connectivity index (χ1n) is 11.1. The maximum absolute atomic E-state index is 13.1. The lowest BCUT2D eigenvalue weighted by Crippen LogP contribution is -2.27. The summed E-state index contributed by atoms with van der Waals surface area (Å²) in [6.45, 7) is 0.397. The minimum atomic E-state index is -0.340. The van der Waals surface area contributed by atoms with E-state index in [1.54, 1.807) is 36.4 Å². The zero-order chi connectivity index (χ0) is 26.1. The van der Waals surface area contributed by atoms with Gasteiger partial charge in [-0.25, -0.2) is 0 Å². The standard InChI is InChI=1S/C28H17BrCl3NO3S/c29-22-10-16(11-24(32)26(22)36-15-19-8-9-20(30)13-23(19)31)12-25-27(34)33(28(35)37-25)14-18-6-3-5-17-4-1-2-7-21(17)18/h1-13H,14-15H2/b25-12+. The summed E-state index contributed by atoms with van der Waals surface area (Å²) in [5, 5.41) is 3.14. The molecule has 2 amide bonds. The zero-order valence-electron chi connectivity index (χ0n) is 19.0. The van der Waals surface area contributed by atoms with E-state index < -0.39 is 0 Å². The fraction of sp³-hybridized carbons (Fsp3) is 0.0714. The SMILES string of the molecule is O=C1S/C(=C/c2cc(Cl)c(OCc3ccc(Cl)cc3Cl)c(Br)c2)C(=O)N1Cc1cccc2ccccc12. The summed E-state index contributed by atoms with van der Waals surface area (Å²) in [6, 6.07) is 22.4. The van der Waals surface area contributed by atoms with Crippen molar-refractivity contribution < 1.29 is 14.3 Å². The van der Waals surface area contributed by atoms with Gasteiger partial charge in [0.25, 0.3) is 11.1 Å². The fourth-order valence-electron chi connectivity index (χ4n) is 3.98. The van der Waals surface area contributed by atoms with Crippen LogP contribution in [-0.4, -0.2) is 16.0 Å². The molecule has 5 rings (SSSR count). The van der Waals surface area contributed by atoms with Gasteiger partial charge >= 0.3 is 0 Å². The number of fused-ring (bicyclic) bond motifs is 1. The minimum Gasteiger partial charge on any atom is -0.486 e. The summed E-state index contributed by atoms with van der Waals surface area (Å²) in [5.74, 6) is 0.0989. The van der Waals surface area contributed by atoms with Crippen LogP contribution in [0.5, 0.6) is 5.75 Å². The molecule has 0 N–H and O–H groups in total. The van der Waals surface area contributed by atoms with E-state index in [4.69, 9.17) is 39.5 Å². The molecule has 0 saturated carbocycles. The molecule has 0 aromatic heterocycles. The second-order valence-corrected chi connectivity index (χ2v) is 11.3. The second-order valence-electron chi connectivity index (χ2n) is 8.24. The molecule has 1 saturated heterocycles. The average molecular weight is 634 g/mol. The van der Waals surface area contributed by atoms with Crippen molar-refractivity contribution in [3.05, 3.63) is 114 Å². The van der Waals surface area contributed by atoms with Crippen LogP contribution in [-0.2, 0) is 17.9 Å². The third kappa shape index (κ3) is 5.69. The molecule has 1 heterocycles. The smallest absolute Gasteiger partial charge is 0.293 e. The fourth-order valence-corrected chi connectivity index (χ4v) is 6.27. The summed E-state index contributed by atoms with van der Waals surface area (Å²) < 4.78 is 6.50. The van der Waals surface area contributed by atoms with Crippen molar-refractivity contribution >= 4 is 90.5 Å². The average Bonchev–Trinajstić information content (AvgIpc) is 3.12. The quantitative estimate of drug-likeness (QED) is 0.199. The molecule has 1 aliphatic heterocycles. The van der Waals surface area contributed by atoms with Crippen molar-refractivity contribution in [2.24, 2.45) is 0 Å². The number of nitrogens with zero attached hydrogens (tertiary/aromatic N) is 1. The van der Waals surface area contributed by atoms with Crippen molar-refractivity contribution in [2.45, 2.75) is 13.2 Å². The first-order chi connectivity index (χ1) is 17.8. The molecule has 0 bridgehead atoms. The Labute approximate surface area is 241 Å². The topological polar surface area (TPSA) is 46.6 Å². The molecule has 0 spiro atoms. The number of halogens is 4. The van der Waals surface area contributed by atoms with Crippen LogP contribution in [0.3, 0.4) is 0 Å². The molecule has 4 aromatic carbocycles. The van der Waals surface area contributed by atoms with Gasteiger partial charge in [0.15, 0.2) is 5.75 Å². The first-order valence-corrected chi connectivity index (χ1v) is 13.8. The Morgan fingerprint density at radius 1 is 0.892 bits per heavy atom. The van der Waals surface area contributed by atoms with Crippen LogP contribution < -0.4 is 4.74 Å². The number of benzene rings is 4. The molecule has 0 aliphatic carbocycles. The maximum Gasteiger partial charge on any atom is 0.293 e. The number of ether oxygens (including phenoxy) is 1. The van der Waals surface area contributed by atoms with E-state index in [9.17, 15) is 9.59 Å². The Balaban J connectivity index is 1.34. The lowest BCUT2D eigenvalue weighted by Gasteiger charge is -2.14. The molecular weight excluding hydrogens is 617 g/mol. The lowest BCUT2D eigenvalue weighted by molar-refractivity contribution is -0.123.